The molecule has 0 aliphatic carbocycles. The van der Waals surface area contributed by atoms with Crippen molar-refractivity contribution in [2.75, 3.05) is 51.3 Å². The first-order chi connectivity index (χ1) is 16.3. The molecule has 3 N–H and O–H groups in total. The quantitative estimate of drug-likeness (QED) is 0.492. The normalized spacial score (nSPS) is 26.1. The van der Waals surface area contributed by atoms with Crippen LogP contribution in [0.25, 0.3) is 0 Å². The zero-order valence-corrected chi connectivity index (χ0v) is 20.3. The molecule has 2 aromatic carbocycles. The average molecular weight is 492 g/mol. The van der Waals surface area contributed by atoms with Crippen molar-refractivity contribution in [2.24, 2.45) is 0 Å². The number of para-hydroxylation sites is 2. The van der Waals surface area contributed by atoms with Gasteiger partial charge < -0.3 is 24.6 Å². The Morgan fingerprint density at radius 1 is 1.06 bits per heavy atom. The van der Waals surface area contributed by atoms with Crippen molar-refractivity contribution in [3.8, 4) is 5.75 Å². The van der Waals surface area contributed by atoms with Gasteiger partial charge in [-0.1, -0.05) is 29.8 Å². The molecular weight excluding hydrogens is 458 g/mol. The third kappa shape index (κ3) is 5.22. The molecule has 0 unspecified atom stereocenters. The Balaban J connectivity index is 1.44. The fourth-order valence-corrected chi connectivity index (χ4v) is 5.79. The highest BCUT2D eigenvalue weighted by molar-refractivity contribution is 7.89. The lowest BCUT2D eigenvalue weighted by atomic mass is 10.0. The van der Waals surface area contributed by atoms with Crippen molar-refractivity contribution in [1.82, 2.24) is 9.62 Å². The SMILES string of the molecule is COc1ccccc1N1CCN([C@@H]2[C@H](O)[C@H](CO)O[C@@H]2CNS(=O)(=O)c2ccc(C)cc2)CC1. The molecule has 0 bridgehead atoms. The number of nitrogens with zero attached hydrogens (tertiary/aromatic N) is 2. The summed E-state index contributed by atoms with van der Waals surface area (Å²) < 4.78 is 39.5. The molecule has 10 heteroatoms. The molecular formula is C24H33N3O6S. The highest BCUT2D eigenvalue weighted by atomic mass is 32.2. The van der Waals surface area contributed by atoms with E-state index in [1.54, 1.807) is 31.4 Å². The number of aliphatic hydroxyl groups excluding tert-OH is 2. The van der Waals surface area contributed by atoms with E-state index in [9.17, 15) is 18.6 Å². The Kier molecular flexibility index (Phi) is 7.76. The number of benzene rings is 2. The van der Waals surface area contributed by atoms with Gasteiger partial charge >= 0.3 is 0 Å². The first-order valence-electron chi connectivity index (χ1n) is 11.5. The molecule has 0 radical (unpaired) electrons. The van der Waals surface area contributed by atoms with Gasteiger partial charge in [0.25, 0.3) is 0 Å². The fourth-order valence-electron chi connectivity index (χ4n) is 4.74. The number of aryl methyl sites for hydroxylation is 1. The molecule has 0 amide bonds. The Morgan fingerprint density at radius 3 is 2.38 bits per heavy atom. The minimum atomic E-state index is -3.73. The van der Waals surface area contributed by atoms with Gasteiger partial charge in [-0.3, -0.25) is 4.90 Å². The number of rotatable bonds is 8. The summed E-state index contributed by atoms with van der Waals surface area (Å²) in [5.41, 5.74) is 1.99. The van der Waals surface area contributed by atoms with Gasteiger partial charge in [0.05, 0.1) is 36.4 Å². The Labute approximate surface area is 201 Å². The summed E-state index contributed by atoms with van der Waals surface area (Å²) in [7, 11) is -2.08. The third-order valence-corrected chi connectivity index (χ3v) is 8.05. The lowest BCUT2D eigenvalue weighted by Crippen LogP contribution is -2.57. The Hall–Kier alpha value is -2.21. The fraction of sp³-hybridized carbons (Fsp3) is 0.500. The number of anilines is 1. The molecule has 0 spiro atoms. The molecule has 34 heavy (non-hydrogen) atoms. The maximum Gasteiger partial charge on any atom is 0.240 e. The zero-order valence-electron chi connectivity index (χ0n) is 19.5. The molecule has 0 saturated carbocycles. The summed E-state index contributed by atoms with van der Waals surface area (Å²) in [5.74, 6) is 0.809. The molecule has 9 nitrogen and oxygen atoms in total. The van der Waals surface area contributed by atoms with E-state index in [4.69, 9.17) is 9.47 Å². The molecule has 186 valence electrons. The standard InChI is InChI=1S/C24H33N3O6S/c1-17-7-9-18(10-8-17)34(30,31)25-15-21-23(24(29)22(16-28)33-21)27-13-11-26(12-14-27)19-5-3-4-6-20(19)32-2/h3-10,21-25,28-29H,11-16H2,1-2H3/t21-,22+,23+,24-/m1/s1. The number of sulfonamides is 1. The molecule has 2 aromatic rings. The van der Waals surface area contributed by atoms with E-state index in [1.165, 1.54) is 0 Å². The highest BCUT2D eigenvalue weighted by Crippen LogP contribution is 2.31. The highest BCUT2D eigenvalue weighted by Gasteiger charge is 2.47. The maximum absolute atomic E-state index is 12.8. The number of methoxy groups -OCH3 is 1. The summed E-state index contributed by atoms with van der Waals surface area (Å²) in [5, 5.41) is 20.6. The molecule has 2 aliphatic rings. The second-order valence-electron chi connectivity index (χ2n) is 8.74. The number of ether oxygens (including phenoxy) is 2. The number of hydrogen-bond donors (Lipinski definition) is 3. The monoisotopic (exact) mass is 491 g/mol. The van der Waals surface area contributed by atoms with Crippen molar-refractivity contribution in [2.45, 2.75) is 36.2 Å². The van der Waals surface area contributed by atoms with Gasteiger partial charge in [0.1, 0.15) is 18.0 Å². The van der Waals surface area contributed by atoms with Gasteiger partial charge in [0.2, 0.25) is 10.0 Å². The van der Waals surface area contributed by atoms with Gasteiger partial charge in [-0.05, 0) is 31.2 Å². The molecule has 2 saturated heterocycles. The van der Waals surface area contributed by atoms with E-state index in [0.717, 1.165) is 30.1 Å². The largest absolute Gasteiger partial charge is 0.495 e. The number of nitrogens with one attached hydrogen (secondary N) is 1. The van der Waals surface area contributed by atoms with E-state index in [-0.39, 0.29) is 18.0 Å². The van der Waals surface area contributed by atoms with Crippen LogP contribution in [0.15, 0.2) is 53.4 Å². The molecule has 0 aromatic heterocycles. The van der Waals surface area contributed by atoms with Crippen molar-refractivity contribution >= 4 is 15.7 Å². The van der Waals surface area contributed by atoms with Gasteiger partial charge in [0, 0.05) is 32.7 Å². The maximum atomic E-state index is 12.8. The summed E-state index contributed by atoms with van der Waals surface area (Å²) in [6, 6.07) is 14.0. The van der Waals surface area contributed by atoms with Crippen LogP contribution in [0.4, 0.5) is 5.69 Å². The van der Waals surface area contributed by atoms with Crippen LogP contribution in [0.3, 0.4) is 0 Å². The topological polar surface area (TPSA) is 112 Å². The molecule has 2 heterocycles. The van der Waals surface area contributed by atoms with E-state index >= 15 is 0 Å². The van der Waals surface area contributed by atoms with Crippen LogP contribution in [0.1, 0.15) is 5.56 Å². The second kappa shape index (κ2) is 10.6. The zero-order chi connectivity index (χ0) is 24.3. The summed E-state index contributed by atoms with van der Waals surface area (Å²) in [4.78, 5) is 4.53. The summed E-state index contributed by atoms with van der Waals surface area (Å²) >= 11 is 0. The minimum absolute atomic E-state index is 0.00115. The van der Waals surface area contributed by atoms with Crippen molar-refractivity contribution in [1.29, 1.82) is 0 Å². The Morgan fingerprint density at radius 2 is 1.74 bits per heavy atom. The lowest BCUT2D eigenvalue weighted by molar-refractivity contribution is -0.0201. The second-order valence-corrected chi connectivity index (χ2v) is 10.5. The van der Waals surface area contributed by atoms with Crippen LogP contribution in [-0.2, 0) is 14.8 Å². The molecule has 2 fully saturated rings. The van der Waals surface area contributed by atoms with Crippen LogP contribution < -0.4 is 14.4 Å². The molecule has 2 aliphatic heterocycles. The van der Waals surface area contributed by atoms with Gasteiger partial charge in [-0.2, -0.15) is 0 Å². The average Bonchev–Trinajstić information content (AvgIpc) is 3.18. The smallest absolute Gasteiger partial charge is 0.240 e. The third-order valence-electron chi connectivity index (χ3n) is 6.61. The first kappa shape index (κ1) is 24.9. The number of piperazine rings is 1. The van der Waals surface area contributed by atoms with Gasteiger partial charge in [0.15, 0.2) is 0 Å². The molecule has 4 atom stereocenters. The van der Waals surface area contributed by atoms with E-state index < -0.39 is 34.4 Å². The minimum Gasteiger partial charge on any atom is -0.495 e. The van der Waals surface area contributed by atoms with E-state index in [1.807, 2.05) is 31.2 Å². The van der Waals surface area contributed by atoms with Crippen molar-refractivity contribution < 1.29 is 28.1 Å². The van der Waals surface area contributed by atoms with Gasteiger partial charge in [-0.25, -0.2) is 13.1 Å². The molecule has 4 rings (SSSR count). The van der Waals surface area contributed by atoms with Crippen molar-refractivity contribution in [3.05, 3.63) is 54.1 Å². The summed E-state index contributed by atoms with van der Waals surface area (Å²) in [6.07, 6.45) is -2.27. The lowest BCUT2D eigenvalue weighted by Gasteiger charge is -2.41. The number of hydrogen-bond acceptors (Lipinski definition) is 8. The van der Waals surface area contributed by atoms with Crippen LogP contribution in [-0.4, -0.2) is 94.3 Å². The van der Waals surface area contributed by atoms with E-state index in [2.05, 4.69) is 14.5 Å². The van der Waals surface area contributed by atoms with Crippen LogP contribution >= 0.6 is 0 Å². The van der Waals surface area contributed by atoms with Crippen LogP contribution in [0.5, 0.6) is 5.75 Å². The predicted octanol–water partition coefficient (Wildman–Crippen LogP) is 0.593. The Bertz CT molecular complexity index is 1060. The van der Waals surface area contributed by atoms with E-state index in [0.29, 0.717) is 13.1 Å². The van der Waals surface area contributed by atoms with Gasteiger partial charge in [-0.15, -0.1) is 0 Å². The van der Waals surface area contributed by atoms with Crippen LogP contribution in [0.2, 0.25) is 0 Å². The predicted molar refractivity (Wildman–Crippen MR) is 129 cm³/mol. The van der Waals surface area contributed by atoms with Crippen LogP contribution in [0, 0.1) is 6.92 Å². The number of aliphatic hydroxyl groups is 2. The van der Waals surface area contributed by atoms with Crippen molar-refractivity contribution in [3.63, 3.8) is 0 Å². The summed E-state index contributed by atoms with van der Waals surface area (Å²) in [6.45, 7) is 4.31. The first-order valence-corrected chi connectivity index (χ1v) is 12.9.